The van der Waals surface area contributed by atoms with Crippen LogP contribution in [0.5, 0.6) is 0 Å². The number of carbonyl (C=O) groups excluding carboxylic acids is 1. The van der Waals surface area contributed by atoms with Crippen LogP contribution in [0, 0.1) is 6.92 Å². The first-order valence-electron chi connectivity index (χ1n) is 4.40. The van der Waals surface area contributed by atoms with Gasteiger partial charge in [-0.2, -0.15) is 0 Å². The molecule has 0 N–H and O–H groups in total. The second kappa shape index (κ2) is 4.60. The molecule has 0 aliphatic heterocycles. The maximum Gasteiger partial charge on any atom is 0.312 e. The van der Waals surface area contributed by atoms with Crippen molar-refractivity contribution in [3.8, 4) is 0 Å². The fraction of sp³-hybridized carbons (Fsp3) is 0.364. The highest BCUT2D eigenvalue weighted by molar-refractivity contribution is 9.10. The highest BCUT2D eigenvalue weighted by Gasteiger charge is 2.15. The molecular formula is C11H13BrO2. The van der Waals surface area contributed by atoms with Gasteiger partial charge in [0.25, 0.3) is 0 Å². The average Bonchev–Trinajstić information content (AvgIpc) is 2.20. The van der Waals surface area contributed by atoms with E-state index >= 15 is 0 Å². The Morgan fingerprint density at radius 2 is 2.14 bits per heavy atom. The van der Waals surface area contributed by atoms with E-state index in [4.69, 9.17) is 0 Å². The van der Waals surface area contributed by atoms with Crippen molar-refractivity contribution in [2.24, 2.45) is 0 Å². The molecule has 0 saturated heterocycles. The summed E-state index contributed by atoms with van der Waals surface area (Å²) in [5.41, 5.74) is 2.11. The van der Waals surface area contributed by atoms with E-state index in [9.17, 15) is 4.79 Å². The smallest absolute Gasteiger partial charge is 0.312 e. The lowest BCUT2D eigenvalue weighted by Gasteiger charge is -2.10. The molecule has 0 fully saturated rings. The average molecular weight is 257 g/mol. The van der Waals surface area contributed by atoms with Gasteiger partial charge in [0.15, 0.2) is 0 Å². The van der Waals surface area contributed by atoms with Crippen LogP contribution in [0.2, 0.25) is 0 Å². The molecule has 0 spiro atoms. The van der Waals surface area contributed by atoms with E-state index in [1.807, 2.05) is 32.0 Å². The lowest BCUT2D eigenvalue weighted by Crippen LogP contribution is -2.10. The molecule has 3 heteroatoms. The molecule has 0 bridgehead atoms. The Kier molecular flexibility index (Phi) is 3.69. The summed E-state index contributed by atoms with van der Waals surface area (Å²) in [6.07, 6.45) is 0. The van der Waals surface area contributed by atoms with Crippen LogP contribution in [0.1, 0.15) is 24.0 Å². The standard InChI is InChI=1S/C11H13BrO2/c1-7-6-9(4-5-10(7)12)8(2)11(13)14-3/h4-6,8H,1-3H3. The molecule has 0 aliphatic carbocycles. The summed E-state index contributed by atoms with van der Waals surface area (Å²) in [6.45, 7) is 3.84. The zero-order valence-electron chi connectivity index (χ0n) is 8.50. The maximum absolute atomic E-state index is 11.3. The molecule has 0 radical (unpaired) electrons. The Labute approximate surface area is 92.4 Å². The van der Waals surface area contributed by atoms with Gasteiger partial charge in [0.2, 0.25) is 0 Å². The van der Waals surface area contributed by atoms with Crippen molar-refractivity contribution in [1.82, 2.24) is 0 Å². The summed E-state index contributed by atoms with van der Waals surface area (Å²) in [4.78, 5) is 11.3. The van der Waals surface area contributed by atoms with Crippen LogP contribution in [0.15, 0.2) is 22.7 Å². The monoisotopic (exact) mass is 256 g/mol. The molecule has 1 atom stereocenters. The SMILES string of the molecule is COC(=O)C(C)c1ccc(Br)c(C)c1. The van der Waals surface area contributed by atoms with Gasteiger partial charge >= 0.3 is 5.97 Å². The number of benzene rings is 1. The fourth-order valence-corrected chi connectivity index (χ4v) is 1.50. The second-order valence-electron chi connectivity index (χ2n) is 3.25. The van der Waals surface area contributed by atoms with Crippen molar-refractivity contribution < 1.29 is 9.53 Å². The van der Waals surface area contributed by atoms with Gasteiger partial charge in [-0.15, -0.1) is 0 Å². The zero-order valence-corrected chi connectivity index (χ0v) is 10.1. The summed E-state index contributed by atoms with van der Waals surface area (Å²) in [5.74, 6) is -0.404. The fourth-order valence-electron chi connectivity index (χ4n) is 1.25. The summed E-state index contributed by atoms with van der Waals surface area (Å²) in [5, 5.41) is 0. The van der Waals surface area contributed by atoms with Crippen molar-refractivity contribution in [2.75, 3.05) is 7.11 Å². The van der Waals surface area contributed by atoms with Gasteiger partial charge in [0.1, 0.15) is 0 Å². The van der Waals surface area contributed by atoms with Crippen LogP contribution < -0.4 is 0 Å². The number of halogens is 1. The van der Waals surface area contributed by atoms with Crippen molar-refractivity contribution in [1.29, 1.82) is 0 Å². The zero-order chi connectivity index (χ0) is 10.7. The van der Waals surface area contributed by atoms with Crippen molar-refractivity contribution in [3.05, 3.63) is 33.8 Å². The molecule has 0 saturated carbocycles. The van der Waals surface area contributed by atoms with Crippen molar-refractivity contribution >= 4 is 21.9 Å². The van der Waals surface area contributed by atoms with E-state index < -0.39 is 0 Å². The second-order valence-corrected chi connectivity index (χ2v) is 4.11. The number of rotatable bonds is 2. The van der Waals surface area contributed by atoms with Crippen molar-refractivity contribution in [2.45, 2.75) is 19.8 Å². The first kappa shape index (κ1) is 11.2. The van der Waals surface area contributed by atoms with E-state index in [1.54, 1.807) is 0 Å². The minimum Gasteiger partial charge on any atom is -0.469 e. The highest BCUT2D eigenvalue weighted by atomic mass is 79.9. The molecule has 0 amide bonds. The van der Waals surface area contributed by atoms with E-state index in [1.165, 1.54) is 7.11 Å². The van der Waals surface area contributed by atoms with Crippen LogP contribution in [-0.2, 0) is 9.53 Å². The third-order valence-electron chi connectivity index (χ3n) is 2.24. The van der Waals surface area contributed by atoms with Gasteiger partial charge in [0, 0.05) is 4.47 Å². The molecule has 0 aliphatic rings. The number of carbonyl (C=O) groups is 1. The Morgan fingerprint density at radius 1 is 1.50 bits per heavy atom. The normalized spacial score (nSPS) is 12.3. The molecule has 14 heavy (non-hydrogen) atoms. The molecule has 1 aromatic rings. The first-order chi connectivity index (χ1) is 6.56. The molecular weight excluding hydrogens is 244 g/mol. The summed E-state index contributed by atoms with van der Waals surface area (Å²) in [6, 6.07) is 5.87. The van der Waals surface area contributed by atoms with Gasteiger partial charge < -0.3 is 4.74 Å². The first-order valence-corrected chi connectivity index (χ1v) is 5.19. The van der Waals surface area contributed by atoms with Gasteiger partial charge in [-0.3, -0.25) is 4.79 Å². The van der Waals surface area contributed by atoms with E-state index in [-0.39, 0.29) is 11.9 Å². The van der Waals surface area contributed by atoms with Gasteiger partial charge in [-0.05, 0) is 31.0 Å². The lowest BCUT2D eigenvalue weighted by molar-refractivity contribution is -0.141. The van der Waals surface area contributed by atoms with Crippen LogP contribution >= 0.6 is 15.9 Å². The van der Waals surface area contributed by atoms with E-state index in [0.29, 0.717) is 0 Å². The van der Waals surface area contributed by atoms with Gasteiger partial charge in [-0.25, -0.2) is 0 Å². The Bertz CT molecular complexity index is 347. The summed E-state index contributed by atoms with van der Waals surface area (Å²) in [7, 11) is 1.41. The minimum absolute atomic E-state index is 0.202. The summed E-state index contributed by atoms with van der Waals surface area (Å²) < 4.78 is 5.74. The number of aryl methyl sites for hydroxylation is 1. The maximum atomic E-state index is 11.3. The molecule has 0 aromatic heterocycles. The van der Waals surface area contributed by atoms with E-state index in [2.05, 4.69) is 20.7 Å². The largest absolute Gasteiger partial charge is 0.469 e. The van der Waals surface area contributed by atoms with Crippen LogP contribution in [-0.4, -0.2) is 13.1 Å². The molecule has 0 heterocycles. The molecule has 2 nitrogen and oxygen atoms in total. The van der Waals surface area contributed by atoms with Crippen molar-refractivity contribution in [3.63, 3.8) is 0 Å². The topological polar surface area (TPSA) is 26.3 Å². The minimum atomic E-state index is -0.202. The number of ether oxygens (including phenoxy) is 1. The quantitative estimate of drug-likeness (QED) is 0.761. The third kappa shape index (κ3) is 2.35. The number of hydrogen-bond donors (Lipinski definition) is 0. The van der Waals surface area contributed by atoms with Gasteiger partial charge in [0.05, 0.1) is 13.0 Å². The highest BCUT2D eigenvalue weighted by Crippen LogP contribution is 2.22. The predicted molar refractivity (Wildman–Crippen MR) is 59.3 cm³/mol. The lowest BCUT2D eigenvalue weighted by atomic mass is 10.00. The van der Waals surface area contributed by atoms with E-state index in [0.717, 1.165) is 15.6 Å². The Balaban J connectivity index is 2.96. The van der Waals surface area contributed by atoms with Crippen LogP contribution in [0.3, 0.4) is 0 Å². The number of hydrogen-bond acceptors (Lipinski definition) is 2. The predicted octanol–water partition coefficient (Wildman–Crippen LogP) is 3.03. The Hall–Kier alpha value is -0.830. The Morgan fingerprint density at radius 3 is 2.64 bits per heavy atom. The third-order valence-corrected chi connectivity index (χ3v) is 3.13. The van der Waals surface area contributed by atoms with Crippen LogP contribution in [0.4, 0.5) is 0 Å². The van der Waals surface area contributed by atoms with Crippen LogP contribution in [0.25, 0.3) is 0 Å². The number of esters is 1. The summed E-state index contributed by atoms with van der Waals surface area (Å²) >= 11 is 3.42. The molecule has 1 rings (SSSR count). The molecule has 1 aromatic carbocycles. The van der Waals surface area contributed by atoms with Gasteiger partial charge in [-0.1, -0.05) is 28.1 Å². The molecule has 1 unspecified atom stereocenters. The number of methoxy groups -OCH3 is 1. The molecule has 76 valence electrons.